The Balaban J connectivity index is 2.92. The van der Waals surface area contributed by atoms with Crippen LogP contribution in [0, 0.1) is 6.92 Å². The van der Waals surface area contributed by atoms with Gasteiger partial charge in [-0.2, -0.15) is 5.10 Å². The maximum atomic E-state index is 5.94. The quantitative estimate of drug-likeness (QED) is 0.239. The number of rotatable bonds is 11. The zero-order valence-electron chi connectivity index (χ0n) is 16.1. The van der Waals surface area contributed by atoms with Crippen LogP contribution in [0.5, 0.6) is 0 Å². The monoisotopic (exact) mass is 371 g/mol. The number of hydrogen-bond acceptors (Lipinski definition) is 3. The summed E-state index contributed by atoms with van der Waals surface area (Å²) >= 11 is 5.94. The Morgan fingerprint density at radius 2 is 2.04 bits per heavy atom. The van der Waals surface area contributed by atoms with E-state index < -0.39 is 0 Å². The average molecular weight is 372 g/mol. The fourth-order valence-corrected chi connectivity index (χ4v) is 2.23. The number of halogens is 1. The van der Waals surface area contributed by atoms with Crippen LogP contribution in [-0.2, 0) is 6.54 Å². The SMILES string of the molecule is C=C\C(Cl)=C/C=C(C)/C=N/N(Cc1ccccc1C)C(=C)CNCCC. The lowest BCUT2D eigenvalue weighted by Crippen LogP contribution is -2.26. The molecule has 1 N–H and O–H groups in total. The molecule has 0 aliphatic rings. The van der Waals surface area contributed by atoms with E-state index in [9.17, 15) is 0 Å². The Labute approximate surface area is 163 Å². The molecule has 0 radical (unpaired) electrons. The molecule has 1 rings (SSSR count). The van der Waals surface area contributed by atoms with Crippen LogP contribution in [0.3, 0.4) is 0 Å². The van der Waals surface area contributed by atoms with Crippen molar-refractivity contribution < 1.29 is 0 Å². The second-order valence-corrected chi connectivity index (χ2v) is 6.57. The Morgan fingerprint density at radius 3 is 2.69 bits per heavy atom. The lowest BCUT2D eigenvalue weighted by Gasteiger charge is -2.23. The van der Waals surface area contributed by atoms with E-state index in [2.05, 4.69) is 55.6 Å². The van der Waals surface area contributed by atoms with E-state index in [1.807, 2.05) is 30.3 Å². The highest BCUT2D eigenvalue weighted by Crippen LogP contribution is 2.14. The fraction of sp³-hybridized carbons (Fsp3) is 0.318. The lowest BCUT2D eigenvalue weighted by molar-refractivity contribution is 0.347. The predicted octanol–water partition coefficient (Wildman–Crippen LogP) is 5.55. The van der Waals surface area contributed by atoms with Gasteiger partial charge in [-0.15, -0.1) is 0 Å². The maximum absolute atomic E-state index is 5.94. The van der Waals surface area contributed by atoms with Gasteiger partial charge in [-0.3, -0.25) is 5.01 Å². The fourth-order valence-electron chi connectivity index (χ4n) is 2.17. The molecule has 26 heavy (non-hydrogen) atoms. The normalized spacial score (nSPS) is 12.5. The molecule has 0 atom stereocenters. The Morgan fingerprint density at radius 1 is 1.31 bits per heavy atom. The highest BCUT2D eigenvalue weighted by Gasteiger charge is 2.08. The molecule has 0 aliphatic heterocycles. The molecule has 0 fully saturated rings. The second-order valence-electron chi connectivity index (χ2n) is 6.14. The summed E-state index contributed by atoms with van der Waals surface area (Å²) in [7, 11) is 0. The van der Waals surface area contributed by atoms with E-state index in [1.165, 1.54) is 11.1 Å². The van der Waals surface area contributed by atoms with Crippen LogP contribution in [-0.4, -0.2) is 24.3 Å². The van der Waals surface area contributed by atoms with Crippen LogP contribution in [0.1, 0.15) is 31.4 Å². The maximum Gasteiger partial charge on any atom is 0.0665 e. The molecule has 3 nitrogen and oxygen atoms in total. The van der Waals surface area contributed by atoms with Crippen LogP contribution in [0.15, 0.2) is 77.1 Å². The van der Waals surface area contributed by atoms with E-state index in [0.29, 0.717) is 18.1 Å². The highest BCUT2D eigenvalue weighted by atomic mass is 35.5. The van der Waals surface area contributed by atoms with Gasteiger partial charge in [0.2, 0.25) is 0 Å². The summed E-state index contributed by atoms with van der Waals surface area (Å²) in [6, 6.07) is 8.34. The summed E-state index contributed by atoms with van der Waals surface area (Å²) in [4.78, 5) is 0. The van der Waals surface area contributed by atoms with E-state index in [1.54, 1.807) is 12.2 Å². The molecule has 0 heterocycles. The first-order chi connectivity index (χ1) is 12.5. The molecule has 4 heteroatoms. The molecule has 0 aromatic heterocycles. The largest absolute Gasteiger partial charge is 0.311 e. The number of hydrazone groups is 1. The van der Waals surface area contributed by atoms with Crippen LogP contribution < -0.4 is 5.32 Å². The third-order valence-corrected chi connectivity index (χ3v) is 4.08. The van der Waals surface area contributed by atoms with Crippen molar-refractivity contribution in [2.24, 2.45) is 5.10 Å². The first-order valence-electron chi connectivity index (χ1n) is 8.89. The number of allylic oxidation sites excluding steroid dienone is 5. The molecule has 140 valence electrons. The van der Waals surface area contributed by atoms with Crippen molar-refractivity contribution in [2.75, 3.05) is 13.1 Å². The van der Waals surface area contributed by atoms with Gasteiger partial charge >= 0.3 is 0 Å². The van der Waals surface area contributed by atoms with Crippen molar-refractivity contribution in [1.29, 1.82) is 0 Å². The number of nitrogens with zero attached hydrogens (tertiary/aromatic N) is 2. The van der Waals surface area contributed by atoms with E-state index >= 15 is 0 Å². The van der Waals surface area contributed by atoms with E-state index in [4.69, 9.17) is 11.6 Å². The van der Waals surface area contributed by atoms with Gasteiger partial charge in [-0.25, -0.2) is 0 Å². The van der Waals surface area contributed by atoms with Gasteiger partial charge in [0.05, 0.1) is 12.8 Å². The molecule has 0 spiro atoms. The highest BCUT2D eigenvalue weighted by molar-refractivity contribution is 6.31. The van der Waals surface area contributed by atoms with Gasteiger partial charge < -0.3 is 5.32 Å². The molecule has 1 aromatic carbocycles. The van der Waals surface area contributed by atoms with Crippen molar-refractivity contribution in [2.45, 2.75) is 33.7 Å². The van der Waals surface area contributed by atoms with Crippen LogP contribution in [0.25, 0.3) is 0 Å². The predicted molar refractivity (Wildman–Crippen MR) is 115 cm³/mol. The Kier molecular flexibility index (Phi) is 10.4. The number of nitrogens with one attached hydrogen (secondary N) is 1. The molecular formula is C22H30ClN3. The smallest absolute Gasteiger partial charge is 0.0665 e. The Bertz CT molecular complexity index is 686. The molecule has 0 bridgehead atoms. The summed E-state index contributed by atoms with van der Waals surface area (Å²) in [5.41, 5.74) is 4.41. The van der Waals surface area contributed by atoms with E-state index in [-0.39, 0.29) is 0 Å². The minimum Gasteiger partial charge on any atom is -0.311 e. The third-order valence-electron chi connectivity index (χ3n) is 3.80. The van der Waals surface area contributed by atoms with E-state index in [0.717, 1.165) is 24.2 Å². The average Bonchev–Trinajstić information content (AvgIpc) is 2.64. The van der Waals surface area contributed by atoms with Crippen molar-refractivity contribution in [3.05, 3.63) is 83.1 Å². The Hall–Kier alpha value is -2.10. The van der Waals surface area contributed by atoms with Gasteiger partial charge in [0.15, 0.2) is 0 Å². The first kappa shape index (κ1) is 21.9. The van der Waals surface area contributed by atoms with Crippen molar-refractivity contribution in [3.63, 3.8) is 0 Å². The van der Waals surface area contributed by atoms with Crippen molar-refractivity contribution >= 4 is 17.8 Å². The topological polar surface area (TPSA) is 27.6 Å². The number of hydrogen-bond donors (Lipinski definition) is 1. The minimum atomic E-state index is 0.600. The van der Waals surface area contributed by atoms with Crippen molar-refractivity contribution in [3.8, 4) is 0 Å². The lowest BCUT2D eigenvalue weighted by atomic mass is 10.1. The zero-order valence-corrected chi connectivity index (χ0v) is 16.9. The molecule has 0 unspecified atom stereocenters. The number of benzene rings is 1. The molecule has 0 saturated heterocycles. The van der Waals surface area contributed by atoms with Gasteiger partial charge in [-0.1, -0.05) is 68.1 Å². The standard InChI is InChI=1S/C22H30ClN3/c1-6-14-24-16-20(5)26(17-21-11-9-8-10-19(21)4)25-15-18(3)12-13-22(23)7-2/h7-13,15,24H,2,5-6,14,16-17H2,1,3-4H3/b18-12+,22-13+,25-15+. The molecule has 1 aromatic rings. The van der Waals surface area contributed by atoms with Gasteiger partial charge in [0.25, 0.3) is 0 Å². The molecule has 0 amide bonds. The second kappa shape index (κ2) is 12.3. The molecule has 0 saturated carbocycles. The summed E-state index contributed by atoms with van der Waals surface area (Å²) < 4.78 is 0. The summed E-state index contributed by atoms with van der Waals surface area (Å²) in [6.45, 7) is 16.4. The summed E-state index contributed by atoms with van der Waals surface area (Å²) in [5, 5.41) is 10.6. The van der Waals surface area contributed by atoms with Crippen LogP contribution in [0.2, 0.25) is 0 Å². The van der Waals surface area contributed by atoms with Gasteiger partial charge in [-0.05, 0) is 49.6 Å². The molecular weight excluding hydrogens is 342 g/mol. The zero-order chi connectivity index (χ0) is 19.4. The summed E-state index contributed by atoms with van der Waals surface area (Å²) in [5.74, 6) is 0. The third kappa shape index (κ3) is 8.32. The van der Waals surface area contributed by atoms with Crippen LogP contribution in [0.4, 0.5) is 0 Å². The minimum absolute atomic E-state index is 0.600. The molecule has 0 aliphatic carbocycles. The number of aryl methyl sites for hydroxylation is 1. The van der Waals surface area contributed by atoms with Gasteiger partial charge in [0.1, 0.15) is 0 Å². The van der Waals surface area contributed by atoms with Crippen molar-refractivity contribution in [1.82, 2.24) is 10.3 Å². The van der Waals surface area contributed by atoms with Crippen LogP contribution >= 0.6 is 11.6 Å². The van der Waals surface area contributed by atoms with Gasteiger partial charge in [0, 0.05) is 17.3 Å². The summed E-state index contributed by atoms with van der Waals surface area (Å²) in [6.07, 6.45) is 8.24. The first-order valence-corrected chi connectivity index (χ1v) is 9.26.